The predicted octanol–water partition coefficient (Wildman–Crippen LogP) is 6.86. The SMILES string of the molecule is Cc1ccc(-n2c3ccccc3c3c4oc5ccccc5c4ccc32)cc1C#N. The van der Waals surface area contributed by atoms with E-state index in [1.807, 2.05) is 43.3 Å². The molecular formula is C26H16N2O. The lowest BCUT2D eigenvalue weighted by atomic mass is 10.1. The molecule has 6 rings (SSSR count). The monoisotopic (exact) mass is 372 g/mol. The van der Waals surface area contributed by atoms with Crippen molar-refractivity contribution in [1.29, 1.82) is 5.26 Å². The fraction of sp³-hybridized carbons (Fsp3) is 0.0385. The van der Waals surface area contributed by atoms with E-state index in [0.29, 0.717) is 5.56 Å². The lowest BCUT2D eigenvalue weighted by Crippen LogP contribution is -1.95. The molecule has 0 radical (unpaired) electrons. The number of rotatable bonds is 1. The van der Waals surface area contributed by atoms with Gasteiger partial charge in [-0.15, -0.1) is 0 Å². The summed E-state index contributed by atoms with van der Waals surface area (Å²) in [6.07, 6.45) is 0. The molecule has 2 aromatic heterocycles. The number of hydrogen-bond donors (Lipinski definition) is 0. The van der Waals surface area contributed by atoms with Crippen molar-refractivity contribution in [2.45, 2.75) is 6.92 Å². The van der Waals surface area contributed by atoms with Crippen LogP contribution in [0.3, 0.4) is 0 Å². The Morgan fingerprint density at radius 2 is 1.59 bits per heavy atom. The van der Waals surface area contributed by atoms with Crippen LogP contribution in [-0.2, 0) is 0 Å². The standard InChI is InChI=1S/C26H16N2O/c1-16-10-11-18(14-17(16)15-27)28-22-8-4-2-7-21(22)25-23(28)13-12-20-19-6-3-5-9-24(19)29-26(20)25/h2-14H,1H3. The molecule has 0 unspecified atom stereocenters. The van der Waals surface area contributed by atoms with E-state index in [1.165, 1.54) is 0 Å². The van der Waals surface area contributed by atoms with Crippen LogP contribution in [0.2, 0.25) is 0 Å². The summed E-state index contributed by atoms with van der Waals surface area (Å²) in [4.78, 5) is 0. The molecule has 0 aliphatic carbocycles. The first-order valence-electron chi connectivity index (χ1n) is 9.61. The first-order chi connectivity index (χ1) is 14.3. The Morgan fingerprint density at radius 1 is 0.793 bits per heavy atom. The van der Waals surface area contributed by atoms with Gasteiger partial charge in [-0.3, -0.25) is 0 Å². The van der Waals surface area contributed by atoms with Crippen LogP contribution in [0.4, 0.5) is 0 Å². The van der Waals surface area contributed by atoms with Crippen LogP contribution in [0.5, 0.6) is 0 Å². The van der Waals surface area contributed by atoms with Crippen molar-refractivity contribution in [3.05, 3.63) is 90.0 Å². The summed E-state index contributed by atoms with van der Waals surface area (Å²) in [6.45, 7) is 1.96. The van der Waals surface area contributed by atoms with Crippen LogP contribution in [0.1, 0.15) is 11.1 Å². The fourth-order valence-electron chi connectivity index (χ4n) is 4.38. The van der Waals surface area contributed by atoms with Crippen molar-refractivity contribution in [2.75, 3.05) is 0 Å². The van der Waals surface area contributed by atoms with Crippen molar-refractivity contribution >= 4 is 43.7 Å². The molecule has 0 fully saturated rings. The Kier molecular flexibility index (Phi) is 3.16. The van der Waals surface area contributed by atoms with Gasteiger partial charge in [-0.2, -0.15) is 5.26 Å². The zero-order valence-corrected chi connectivity index (χ0v) is 15.8. The summed E-state index contributed by atoms with van der Waals surface area (Å²) in [5, 5.41) is 14.0. The van der Waals surface area contributed by atoms with Gasteiger partial charge in [-0.25, -0.2) is 0 Å². The highest BCUT2D eigenvalue weighted by Gasteiger charge is 2.18. The molecule has 0 bridgehead atoms. The molecule has 0 atom stereocenters. The first kappa shape index (κ1) is 16.0. The molecular weight excluding hydrogens is 356 g/mol. The fourth-order valence-corrected chi connectivity index (χ4v) is 4.38. The Labute approximate surface area is 167 Å². The van der Waals surface area contributed by atoms with Crippen LogP contribution in [0, 0.1) is 18.3 Å². The molecule has 136 valence electrons. The van der Waals surface area contributed by atoms with Crippen molar-refractivity contribution in [1.82, 2.24) is 4.57 Å². The van der Waals surface area contributed by atoms with E-state index in [4.69, 9.17) is 4.42 Å². The second kappa shape index (κ2) is 5.73. The lowest BCUT2D eigenvalue weighted by molar-refractivity contribution is 0.673. The molecule has 0 N–H and O–H groups in total. The van der Waals surface area contributed by atoms with Crippen LogP contribution < -0.4 is 0 Å². The quantitative estimate of drug-likeness (QED) is 0.316. The van der Waals surface area contributed by atoms with Gasteiger partial charge in [0.2, 0.25) is 0 Å². The summed E-state index contributed by atoms with van der Waals surface area (Å²) in [5.41, 5.74) is 6.64. The molecule has 0 saturated heterocycles. The van der Waals surface area contributed by atoms with E-state index in [2.05, 4.69) is 53.1 Å². The third-order valence-corrected chi connectivity index (χ3v) is 5.78. The van der Waals surface area contributed by atoms with Crippen LogP contribution >= 0.6 is 0 Å². The number of aromatic nitrogens is 1. The Balaban J connectivity index is 1.82. The summed E-state index contributed by atoms with van der Waals surface area (Å²) in [5.74, 6) is 0. The third-order valence-electron chi connectivity index (χ3n) is 5.78. The predicted molar refractivity (Wildman–Crippen MR) is 118 cm³/mol. The number of benzene rings is 4. The minimum Gasteiger partial charge on any atom is -0.455 e. The van der Waals surface area contributed by atoms with Gasteiger partial charge in [0.1, 0.15) is 11.2 Å². The molecule has 0 spiro atoms. The molecule has 29 heavy (non-hydrogen) atoms. The largest absolute Gasteiger partial charge is 0.455 e. The number of para-hydroxylation sites is 2. The maximum Gasteiger partial charge on any atom is 0.145 e. The van der Waals surface area contributed by atoms with Gasteiger partial charge < -0.3 is 8.98 Å². The van der Waals surface area contributed by atoms with Gasteiger partial charge in [0.15, 0.2) is 0 Å². The number of hydrogen-bond acceptors (Lipinski definition) is 2. The molecule has 0 amide bonds. The number of nitriles is 1. The summed E-state index contributed by atoms with van der Waals surface area (Å²) in [7, 11) is 0. The van der Waals surface area contributed by atoms with E-state index in [1.54, 1.807) is 0 Å². The van der Waals surface area contributed by atoms with Crippen molar-refractivity contribution in [3.63, 3.8) is 0 Å². The van der Waals surface area contributed by atoms with E-state index in [0.717, 1.165) is 55.0 Å². The van der Waals surface area contributed by atoms with Crippen LogP contribution in [0.25, 0.3) is 49.4 Å². The number of fused-ring (bicyclic) bond motifs is 7. The maximum atomic E-state index is 9.51. The molecule has 0 aliphatic rings. The molecule has 2 heterocycles. The topological polar surface area (TPSA) is 41.9 Å². The summed E-state index contributed by atoms with van der Waals surface area (Å²) >= 11 is 0. The molecule has 4 aromatic carbocycles. The van der Waals surface area contributed by atoms with Gasteiger partial charge >= 0.3 is 0 Å². The van der Waals surface area contributed by atoms with E-state index >= 15 is 0 Å². The van der Waals surface area contributed by atoms with Gasteiger partial charge in [-0.1, -0.05) is 42.5 Å². The molecule has 3 nitrogen and oxygen atoms in total. The maximum absolute atomic E-state index is 9.51. The van der Waals surface area contributed by atoms with Gasteiger partial charge in [0.05, 0.1) is 28.1 Å². The first-order valence-corrected chi connectivity index (χ1v) is 9.61. The second-order valence-corrected chi connectivity index (χ2v) is 7.40. The highest BCUT2D eigenvalue weighted by molar-refractivity contribution is 6.23. The lowest BCUT2D eigenvalue weighted by Gasteiger charge is -2.09. The Bertz CT molecular complexity index is 1630. The summed E-state index contributed by atoms with van der Waals surface area (Å²) in [6, 6.07) is 29.2. The third kappa shape index (κ3) is 2.11. The van der Waals surface area contributed by atoms with Crippen molar-refractivity contribution in [2.24, 2.45) is 0 Å². The smallest absolute Gasteiger partial charge is 0.145 e. The minimum atomic E-state index is 0.693. The molecule has 3 heteroatoms. The minimum absolute atomic E-state index is 0.693. The van der Waals surface area contributed by atoms with Crippen molar-refractivity contribution < 1.29 is 4.42 Å². The van der Waals surface area contributed by atoms with Crippen LogP contribution in [-0.4, -0.2) is 4.57 Å². The normalized spacial score (nSPS) is 11.6. The zero-order chi connectivity index (χ0) is 19.5. The Morgan fingerprint density at radius 3 is 2.45 bits per heavy atom. The average molecular weight is 372 g/mol. The molecule has 0 saturated carbocycles. The zero-order valence-electron chi connectivity index (χ0n) is 15.8. The van der Waals surface area contributed by atoms with Gasteiger partial charge in [0.25, 0.3) is 0 Å². The summed E-state index contributed by atoms with van der Waals surface area (Å²) < 4.78 is 8.54. The average Bonchev–Trinajstić information content (AvgIpc) is 3.30. The Hall–Kier alpha value is -4.03. The van der Waals surface area contributed by atoms with Gasteiger partial charge in [0, 0.05) is 21.8 Å². The number of nitrogens with zero attached hydrogens (tertiary/aromatic N) is 2. The van der Waals surface area contributed by atoms with E-state index in [-0.39, 0.29) is 0 Å². The van der Waals surface area contributed by atoms with Crippen LogP contribution in [0.15, 0.2) is 83.3 Å². The van der Waals surface area contributed by atoms with E-state index < -0.39 is 0 Å². The second-order valence-electron chi connectivity index (χ2n) is 7.40. The highest BCUT2D eigenvalue weighted by atomic mass is 16.3. The molecule has 6 aromatic rings. The highest BCUT2D eigenvalue weighted by Crippen LogP contribution is 2.40. The number of furan rings is 1. The molecule has 0 aliphatic heterocycles. The number of aryl methyl sites for hydroxylation is 1. The van der Waals surface area contributed by atoms with Crippen molar-refractivity contribution in [3.8, 4) is 11.8 Å². The van der Waals surface area contributed by atoms with E-state index in [9.17, 15) is 5.26 Å². The van der Waals surface area contributed by atoms with Gasteiger partial charge in [-0.05, 0) is 48.9 Å².